The standard InChI is InChI=1S/C15H24/c1-10-7-8-15-9-12(10)14(3,4)13(15)6-5-11(15)2/h11-13H,1,5-9H2,2-4H3/t11-,12+,13+,15+/m0/s1. The van der Waals surface area contributed by atoms with E-state index in [-0.39, 0.29) is 0 Å². The van der Waals surface area contributed by atoms with E-state index in [1.165, 1.54) is 32.1 Å². The van der Waals surface area contributed by atoms with Crippen molar-refractivity contribution < 1.29 is 0 Å². The highest BCUT2D eigenvalue weighted by Gasteiger charge is 2.63. The Morgan fingerprint density at radius 1 is 1.27 bits per heavy atom. The highest BCUT2D eigenvalue weighted by molar-refractivity contribution is 5.23. The van der Waals surface area contributed by atoms with E-state index in [1.54, 1.807) is 5.57 Å². The van der Waals surface area contributed by atoms with E-state index in [9.17, 15) is 0 Å². The van der Waals surface area contributed by atoms with Gasteiger partial charge in [-0.25, -0.2) is 0 Å². The van der Waals surface area contributed by atoms with E-state index >= 15 is 0 Å². The Labute approximate surface area is 94.1 Å². The fourth-order valence-corrected chi connectivity index (χ4v) is 5.44. The third-order valence-corrected chi connectivity index (χ3v) is 6.35. The zero-order valence-corrected chi connectivity index (χ0v) is 10.5. The average Bonchev–Trinajstić information content (AvgIpc) is 2.57. The summed E-state index contributed by atoms with van der Waals surface area (Å²) in [4.78, 5) is 0. The third-order valence-electron chi connectivity index (χ3n) is 6.35. The number of allylic oxidation sites excluding steroid dienone is 1. The molecule has 0 aromatic rings. The average molecular weight is 204 g/mol. The predicted molar refractivity (Wildman–Crippen MR) is 64.6 cm³/mol. The first-order valence-corrected chi connectivity index (χ1v) is 6.66. The van der Waals surface area contributed by atoms with E-state index in [1.807, 2.05) is 0 Å². The van der Waals surface area contributed by atoms with Gasteiger partial charge in [-0.15, -0.1) is 0 Å². The largest absolute Gasteiger partial charge is 0.0996 e. The van der Waals surface area contributed by atoms with Gasteiger partial charge in [0.05, 0.1) is 0 Å². The molecule has 1 spiro atoms. The molecular formula is C15H24. The van der Waals surface area contributed by atoms with E-state index in [0.29, 0.717) is 5.41 Å². The van der Waals surface area contributed by atoms with Crippen LogP contribution in [0.3, 0.4) is 0 Å². The van der Waals surface area contributed by atoms with Gasteiger partial charge in [-0.2, -0.15) is 0 Å². The summed E-state index contributed by atoms with van der Waals surface area (Å²) < 4.78 is 0. The normalized spacial score (nSPS) is 51.9. The van der Waals surface area contributed by atoms with Crippen LogP contribution in [0.5, 0.6) is 0 Å². The van der Waals surface area contributed by atoms with Gasteiger partial charge >= 0.3 is 0 Å². The lowest BCUT2D eigenvalue weighted by Crippen LogP contribution is -2.30. The minimum absolute atomic E-state index is 0.540. The van der Waals surface area contributed by atoms with Gasteiger partial charge < -0.3 is 0 Å². The molecule has 0 aromatic heterocycles. The van der Waals surface area contributed by atoms with Crippen molar-refractivity contribution in [3.05, 3.63) is 12.2 Å². The smallest absolute Gasteiger partial charge is 0.0146 e. The molecule has 0 aromatic carbocycles. The van der Waals surface area contributed by atoms with E-state index < -0.39 is 0 Å². The van der Waals surface area contributed by atoms with Gasteiger partial charge in [0.1, 0.15) is 0 Å². The van der Waals surface area contributed by atoms with Gasteiger partial charge in [0, 0.05) is 0 Å². The Kier molecular flexibility index (Phi) is 1.79. The first-order valence-electron chi connectivity index (χ1n) is 6.66. The van der Waals surface area contributed by atoms with Crippen LogP contribution in [0.1, 0.15) is 52.9 Å². The Morgan fingerprint density at radius 3 is 2.73 bits per heavy atom. The highest BCUT2D eigenvalue weighted by atomic mass is 14.7. The molecule has 0 radical (unpaired) electrons. The molecule has 0 amide bonds. The Morgan fingerprint density at radius 2 is 2.00 bits per heavy atom. The molecule has 3 fully saturated rings. The molecule has 2 bridgehead atoms. The van der Waals surface area contributed by atoms with Crippen LogP contribution in [-0.4, -0.2) is 0 Å². The van der Waals surface area contributed by atoms with Crippen LogP contribution in [0, 0.1) is 28.6 Å². The quantitative estimate of drug-likeness (QED) is 0.513. The number of rotatable bonds is 0. The molecule has 4 atom stereocenters. The van der Waals surface area contributed by atoms with Crippen molar-refractivity contribution in [3.63, 3.8) is 0 Å². The number of hydrogen-bond donors (Lipinski definition) is 0. The van der Waals surface area contributed by atoms with Crippen LogP contribution < -0.4 is 0 Å². The Hall–Kier alpha value is -0.260. The van der Waals surface area contributed by atoms with Crippen LogP contribution >= 0.6 is 0 Å². The molecule has 3 aliphatic rings. The molecule has 15 heavy (non-hydrogen) atoms. The third kappa shape index (κ3) is 0.990. The molecule has 3 saturated carbocycles. The maximum Gasteiger partial charge on any atom is -0.0146 e. The van der Waals surface area contributed by atoms with Crippen LogP contribution in [0.4, 0.5) is 0 Å². The fraction of sp³-hybridized carbons (Fsp3) is 0.867. The fourth-order valence-electron chi connectivity index (χ4n) is 5.44. The van der Waals surface area contributed by atoms with E-state index in [4.69, 9.17) is 0 Å². The second-order valence-corrected chi connectivity index (χ2v) is 7.00. The summed E-state index contributed by atoms with van der Waals surface area (Å²) in [5.41, 5.74) is 2.82. The van der Waals surface area contributed by atoms with Gasteiger partial charge in [0.25, 0.3) is 0 Å². The molecule has 0 nitrogen and oxygen atoms in total. The Bertz CT molecular complexity index is 312. The Balaban J connectivity index is 2.08. The highest BCUT2D eigenvalue weighted by Crippen LogP contribution is 2.72. The second kappa shape index (κ2) is 2.70. The van der Waals surface area contributed by atoms with Gasteiger partial charge in [-0.3, -0.25) is 0 Å². The molecule has 0 unspecified atom stereocenters. The summed E-state index contributed by atoms with van der Waals surface area (Å²) in [6.07, 6.45) is 7.18. The van der Waals surface area contributed by atoms with Crippen molar-refractivity contribution in [2.24, 2.45) is 28.6 Å². The maximum absolute atomic E-state index is 4.34. The van der Waals surface area contributed by atoms with Crippen molar-refractivity contribution in [3.8, 4) is 0 Å². The molecule has 0 N–H and O–H groups in total. The summed E-state index contributed by atoms with van der Waals surface area (Å²) in [7, 11) is 0. The predicted octanol–water partition coefficient (Wildman–Crippen LogP) is 4.42. The van der Waals surface area contributed by atoms with Gasteiger partial charge in [0.2, 0.25) is 0 Å². The lowest BCUT2D eigenvalue weighted by molar-refractivity contribution is 0.118. The van der Waals surface area contributed by atoms with Gasteiger partial charge in [-0.1, -0.05) is 32.9 Å². The first kappa shape index (κ1) is 9.93. The van der Waals surface area contributed by atoms with E-state index in [0.717, 1.165) is 23.2 Å². The molecule has 3 aliphatic carbocycles. The molecule has 0 saturated heterocycles. The molecule has 0 heteroatoms. The summed E-state index contributed by atoms with van der Waals surface area (Å²) in [6.45, 7) is 11.9. The minimum Gasteiger partial charge on any atom is -0.0996 e. The van der Waals surface area contributed by atoms with Gasteiger partial charge in [0.15, 0.2) is 0 Å². The molecule has 3 rings (SSSR count). The monoisotopic (exact) mass is 204 g/mol. The molecular weight excluding hydrogens is 180 g/mol. The topological polar surface area (TPSA) is 0 Å². The summed E-state index contributed by atoms with van der Waals surface area (Å²) in [6, 6.07) is 0. The van der Waals surface area contributed by atoms with Crippen molar-refractivity contribution in [2.75, 3.05) is 0 Å². The molecule has 0 aliphatic heterocycles. The lowest BCUT2D eigenvalue weighted by atomic mass is 9.67. The summed E-state index contributed by atoms with van der Waals surface area (Å²) in [5.74, 6) is 2.79. The van der Waals surface area contributed by atoms with Crippen LogP contribution in [0.15, 0.2) is 12.2 Å². The van der Waals surface area contributed by atoms with Crippen LogP contribution in [0.25, 0.3) is 0 Å². The molecule has 0 heterocycles. The van der Waals surface area contributed by atoms with Crippen molar-refractivity contribution in [1.82, 2.24) is 0 Å². The van der Waals surface area contributed by atoms with Crippen molar-refractivity contribution in [1.29, 1.82) is 0 Å². The van der Waals surface area contributed by atoms with Crippen LogP contribution in [0.2, 0.25) is 0 Å². The van der Waals surface area contributed by atoms with Crippen molar-refractivity contribution in [2.45, 2.75) is 52.9 Å². The second-order valence-electron chi connectivity index (χ2n) is 7.00. The van der Waals surface area contributed by atoms with E-state index in [2.05, 4.69) is 27.4 Å². The summed E-state index contributed by atoms with van der Waals surface area (Å²) in [5, 5.41) is 0. The SMILES string of the molecule is C=C1CC[C@]23C[C@H]1C(C)(C)[C@H]2CC[C@@H]3C. The maximum atomic E-state index is 4.34. The van der Waals surface area contributed by atoms with Crippen molar-refractivity contribution >= 4 is 0 Å². The number of fused-ring (bicyclic) bond motifs is 1. The zero-order chi connectivity index (χ0) is 10.8. The van der Waals surface area contributed by atoms with Crippen LogP contribution in [-0.2, 0) is 0 Å². The number of hydrogen-bond acceptors (Lipinski definition) is 0. The minimum atomic E-state index is 0.540. The zero-order valence-electron chi connectivity index (χ0n) is 10.5. The summed E-state index contributed by atoms with van der Waals surface area (Å²) >= 11 is 0. The first-order chi connectivity index (χ1) is 6.98. The van der Waals surface area contributed by atoms with Gasteiger partial charge in [-0.05, 0) is 60.7 Å². The molecule has 84 valence electrons. The lowest BCUT2D eigenvalue weighted by Gasteiger charge is -2.38.